The molecule has 1 spiro atoms. The van der Waals surface area contributed by atoms with Gasteiger partial charge in [-0.3, -0.25) is 0 Å². The first-order chi connectivity index (χ1) is 10.2. The highest BCUT2D eigenvalue weighted by molar-refractivity contribution is 7.80. The van der Waals surface area contributed by atoms with Gasteiger partial charge in [0.25, 0.3) is 5.72 Å². The van der Waals surface area contributed by atoms with Gasteiger partial charge in [0.05, 0.1) is 0 Å². The van der Waals surface area contributed by atoms with Crippen molar-refractivity contribution in [3.05, 3.63) is 0 Å². The fourth-order valence-electron chi connectivity index (χ4n) is 5.79. The molecule has 4 bridgehead atoms. The van der Waals surface area contributed by atoms with Gasteiger partial charge in [0.1, 0.15) is 0 Å². The van der Waals surface area contributed by atoms with Gasteiger partial charge in [-0.1, -0.05) is 0 Å². The number of hydrazine groups is 1. The third kappa shape index (κ3) is 1.74. The number of thiocarbonyl (C=S) groups is 1. The molecule has 4 aliphatic carbocycles. The molecule has 5 rings (SSSR count). The molecule has 1 atom stereocenters. The maximum absolute atomic E-state index is 13.5. The first-order valence-electron chi connectivity index (χ1n) is 7.82. The molecule has 8 heteroatoms. The summed E-state index contributed by atoms with van der Waals surface area (Å²) < 4.78 is 40.5. The molecule has 1 heterocycles. The summed E-state index contributed by atoms with van der Waals surface area (Å²) in [6, 6.07) is 0. The minimum Gasteiger partial charge on any atom is -0.375 e. The Balaban J connectivity index is 1.74. The number of nitrogens with one attached hydrogen (secondary N) is 1. The Bertz CT molecular complexity index is 498. The second-order valence-electron chi connectivity index (χ2n) is 7.62. The molecule has 124 valence electrons. The topological polar surface area (TPSA) is 61.5 Å². The zero-order chi connectivity index (χ0) is 15.9. The third-order valence-corrected chi connectivity index (χ3v) is 6.68. The van der Waals surface area contributed by atoms with Crippen molar-refractivity contribution in [2.75, 3.05) is 0 Å². The number of nitrogens with zero attached hydrogens (tertiary/aromatic N) is 1. The quantitative estimate of drug-likeness (QED) is 0.590. The Labute approximate surface area is 132 Å². The number of nitrogens with two attached hydrogens (primary N) is 1. The van der Waals surface area contributed by atoms with Crippen LogP contribution in [0.15, 0.2) is 0 Å². The van der Waals surface area contributed by atoms with Gasteiger partial charge in [-0.2, -0.15) is 13.2 Å². The molecular formula is C14H20F3N3OS. The van der Waals surface area contributed by atoms with Crippen molar-refractivity contribution in [3.63, 3.8) is 0 Å². The van der Waals surface area contributed by atoms with E-state index in [9.17, 15) is 18.3 Å². The molecule has 1 aliphatic heterocycles. The van der Waals surface area contributed by atoms with E-state index in [0.717, 1.165) is 25.7 Å². The van der Waals surface area contributed by atoms with E-state index < -0.39 is 22.6 Å². The molecule has 0 amide bonds. The summed E-state index contributed by atoms with van der Waals surface area (Å²) in [5.41, 5.74) is 4.70. The largest absolute Gasteiger partial charge is 0.438 e. The number of hydrogen-bond acceptors (Lipinski definition) is 3. The lowest BCUT2D eigenvalue weighted by Gasteiger charge is -2.60. The fraction of sp³-hybridized carbons (Fsp3) is 0.929. The molecule has 22 heavy (non-hydrogen) atoms. The van der Waals surface area contributed by atoms with Gasteiger partial charge in [0.15, 0.2) is 5.11 Å². The number of halogens is 3. The molecule has 0 aromatic heterocycles. The normalized spacial score (nSPS) is 50.1. The van der Waals surface area contributed by atoms with Gasteiger partial charge in [0, 0.05) is 12.0 Å². The Kier molecular flexibility index (Phi) is 2.90. The number of rotatable bonds is 0. The van der Waals surface area contributed by atoms with Crippen molar-refractivity contribution in [1.82, 2.24) is 10.4 Å². The van der Waals surface area contributed by atoms with Crippen LogP contribution in [-0.2, 0) is 0 Å². The molecule has 4 saturated carbocycles. The molecule has 5 fully saturated rings. The summed E-state index contributed by atoms with van der Waals surface area (Å²) in [5.74, 6) is 1.59. The van der Waals surface area contributed by atoms with Crippen molar-refractivity contribution in [2.24, 2.45) is 29.4 Å². The molecule has 4 nitrogen and oxygen atoms in total. The van der Waals surface area contributed by atoms with E-state index in [1.165, 1.54) is 6.42 Å². The third-order valence-electron chi connectivity index (χ3n) is 6.50. The molecule has 1 saturated heterocycles. The molecule has 0 unspecified atom stereocenters. The van der Waals surface area contributed by atoms with Crippen LogP contribution >= 0.6 is 12.2 Å². The van der Waals surface area contributed by atoms with E-state index >= 15 is 0 Å². The molecule has 0 radical (unpaired) electrons. The molecule has 0 aromatic carbocycles. The van der Waals surface area contributed by atoms with Crippen molar-refractivity contribution in [2.45, 2.75) is 56.0 Å². The smallest absolute Gasteiger partial charge is 0.375 e. The van der Waals surface area contributed by atoms with E-state index in [1.807, 2.05) is 0 Å². The maximum Gasteiger partial charge on any atom is 0.438 e. The van der Waals surface area contributed by atoms with Gasteiger partial charge in [-0.15, -0.1) is 0 Å². The molecule has 5 aliphatic rings. The first kappa shape index (κ1) is 15.0. The van der Waals surface area contributed by atoms with E-state index in [2.05, 4.69) is 5.43 Å². The Morgan fingerprint density at radius 3 is 2.00 bits per heavy atom. The zero-order valence-electron chi connectivity index (χ0n) is 12.1. The lowest BCUT2D eigenvalue weighted by atomic mass is 9.48. The standard InChI is InChI=1S/C14H20F3N3OS/c15-14(16,17)13(21)6-12(19-20(13)11(18)22)9-2-7-1-8(4-9)5-10(12)3-7/h7-10,19,21H,1-6H2,(H2,18,22)/t7?,8?,9?,10?,12?,13-/m1/s1. The van der Waals surface area contributed by atoms with Crippen LogP contribution < -0.4 is 11.2 Å². The SMILES string of the molecule is NC(=S)N1NC2(C[C@@]1(O)C(F)(F)F)C1CC3CC(C1)CC2C3. The Hall–Kier alpha value is -0.600. The van der Waals surface area contributed by atoms with Crippen LogP contribution in [0.25, 0.3) is 0 Å². The Morgan fingerprint density at radius 2 is 1.64 bits per heavy atom. The van der Waals surface area contributed by atoms with Crippen LogP contribution in [0.4, 0.5) is 13.2 Å². The van der Waals surface area contributed by atoms with Crippen LogP contribution in [0.3, 0.4) is 0 Å². The number of aliphatic hydroxyl groups is 1. The zero-order valence-corrected chi connectivity index (χ0v) is 12.9. The lowest BCUT2D eigenvalue weighted by molar-refractivity contribution is -0.297. The van der Waals surface area contributed by atoms with Crippen molar-refractivity contribution < 1.29 is 18.3 Å². The number of hydrogen-bond donors (Lipinski definition) is 3. The van der Waals surface area contributed by atoms with Gasteiger partial charge in [-0.05, 0) is 68.0 Å². The van der Waals surface area contributed by atoms with E-state index in [-0.39, 0.29) is 18.3 Å². The highest BCUT2D eigenvalue weighted by Crippen LogP contribution is 2.63. The minimum absolute atomic E-state index is 0.164. The van der Waals surface area contributed by atoms with Crippen LogP contribution in [0.5, 0.6) is 0 Å². The summed E-state index contributed by atoms with van der Waals surface area (Å²) in [5, 5.41) is 10.5. The predicted molar refractivity (Wildman–Crippen MR) is 77.2 cm³/mol. The molecule has 0 aromatic rings. The first-order valence-corrected chi connectivity index (χ1v) is 8.23. The predicted octanol–water partition coefficient (Wildman–Crippen LogP) is 1.89. The average Bonchev–Trinajstić information content (AvgIpc) is 2.71. The van der Waals surface area contributed by atoms with Gasteiger partial charge in [0.2, 0.25) is 0 Å². The van der Waals surface area contributed by atoms with E-state index in [0.29, 0.717) is 16.8 Å². The van der Waals surface area contributed by atoms with E-state index in [1.54, 1.807) is 0 Å². The van der Waals surface area contributed by atoms with Crippen LogP contribution in [0.2, 0.25) is 0 Å². The van der Waals surface area contributed by atoms with Crippen LogP contribution in [0.1, 0.15) is 38.5 Å². The van der Waals surface area contributed by atoms with Crippen LogP contribution in [-0.4, -0.2) is 32.7 Å². The molecular weight excluding hydrogens is 315 g/mol. The highest BCUT2D eigenvalue weighted by Gasteiger charge is 2.72. The monoisotopic (exact) mass is 335 g/mol. The summed E-state index contributed by atoms with van der Waals surface area (Å²) in [4.78, 5) is 0. The van der Waals surface area contributed by atoms with Crippen molar-refractivity contribution in [3.8, 4) is 0 Å². The highest BCUT2D eigenvalue weighted by atomic mass is 32.1. The summed E-state index contributed by atoms with van der Waals surface area (Å²) in [6.07, 6.45) is -0.195. The Morgan fingerprint density at radius 1 is 1.14 bits per heavy atom. The summed E-state index contributed by atoms with van der Waals surface area (Å²) in [7, 11) is 0. The maximum atomic E-state index is 13.5. The molecule has 4 N–H and O–H groups in total. The van der Waals surface area contributed by atoms with Crippen LogP contribution in [0, 0.1) is 23.7 Å². The average molecular weight is 335 g/mol. The van der Waals surface area contributed by atoms with Gasteiger partial charge < -0.3 is 10.8 Å². The summed E-state index contributed by atoms with van der Waals surface area (Å²) >= 11 is 4.77. The van der Waals surface area contributed by atoms with E-state index in [4.69, 9.17) is 18.0 Å². The van der Waals surface area contributed by atoms with Crippen molar-refractivity contribution >= 4 is 17.3 Å². The lowest BCUT2D eigenvalue weighted by Crippen LogP contribution is -2.65. The van der Waals surface area contributed by atoms with Gasteiger partial charge in [-0.25, -0.2) is 10.4 Å². The second kappa shape index (κ2) is 4.27. The van der Waals surface area contributed by atoms with Gasteiger partial charge >= 0.3 is 6.18 Å². The number of alkyl halides is 3. The van der Waals surface area contributed by atoms with Crippen molar-refractivity contribution in [1.29, 1.82) is 0 Å². The summed E-state index contributed by atoms with van der Waals surface area (Å²) in [6.45, 7) is 0. The second-order valence-corrected chi connectivity index (χ2v) is 8.04. The minimum atomic E-state index is -4.80. The fourth-order valence-corrected chi connectivity index (χ4v) is 5.98.